The summed E-state index contributed by atoms with van der Waals surface area (Å²) in [6.07, 6.45) is 0. The van der Waals surface area contributed by atoms with Crippen molar-refractivity contribution in [2.75, 3.05) is 26.6 Å². The molecule has 1 aliphatic rings. The number of hydrogen-bond acceptors (Lipinski definition) is 8. The molecule has 0 spiro atoms. The average Bonchev–Trinajstić information content (AvgIpc) is 3.25. The highest BCUT2D eigenvalue weighted by Crippen LogP contribution is 2.43. The number of hydrogen-bond donors (Lipinski definition) is 1. The first-order valence-corrected chi connectivity index (χ1v) is 9.56. The minimum Gasteiger partial charge on any atom is -0.493 e. The molecule has 1 aliphatic heterocycles. The first-order chi connectivity index (χ1) is 15.1. The predicted molar refractivity (Wildman–Crippen MR) is 113 cm³/mol. The Morgan fingerprint density at radius 3 is 2.32 bits per heavy atom. The van der Waals surface area contributed by atoms with E-state index in [-0.39, 0.29) is 5.91 Å². The van der Waals surface area contributed by atoms with Gasteiger partial charge in [-0.25, -0.2) is 9.67 Å². The first kappa shape index (κ1) is 20.3. The van der Waals surface area contributed by atoms with Crippen molar-refractivity contribution in [3.8, 4) is 17.2 Å². The third-order valence-electron chi connectivity index (χ3n) is 5.13. The number of aliphatic imine (C=N–C) groups is 1. The molecule has 0 fully saturated rings. The number of nitrogens with one attached hydrogen (secondary N) is 1. The van der Waals surface area contributed by atoms with Crippen LogP contribution in [0.4, 0.5) is 11.6 Å². The Morgan fingerprint density at radius 2 is 1.71 bits per heavy atom. The summed E-state index contributed by atoms with van der Waals surface area (Å²) in [6.45, 7) is 1.79. The number of benzene rings is 2. The number of amides is 1. The van der Waals surface area contributed by atoms with Gasteiger partial charge in [-0.2, -0.15) is 0 Å². The van der Waals surface area contributed by atoms with Crippen LogP contribution >= 0.6 is 0 Å². The molecule has 160 valence electrons. The Balaban J connectivity index is 1.83. The van der Waals surface area contributed by atoms with Crippen LogP contribution in [0.5, 0.6) is 17.2 Å². The lowest BCUT2D eigenvalue weighted by molar-refractivity contribution is -0.118. The van der Waals surface area contributed by atoms with Crippen LogP contribution in [0.2, 0.25) is 0 Å². The summed E-state index contributed by atoms with van der Waals surface area (Å²) in [5, 5.41) is 14.8. The van der Waals surface area contributed by atoms with Gasteiger partial charge in [-0.05, 0) is 47.2 Å². The van der Waals surface area contributed by atoms with Crippen LogP contribution in [0.3, 0.4) is 0 Å². The van der Waals surface area contributed by atoms with Crippen LogP contribution < -0.4 is 19.5 Å². The maximum Gasteiger partial charge on any atom is 0.269 e. The molecule has 2 unspecified atom stereocenters. The minimum absolute atomic E-state index is 0.229. The number of tetrazole rings is 1. The van der Waals surface area contributed by atoms with Crippen molar-refractivity contribution in [2.45, 2.75) is 13.0 Å². The van der Waals surface area contributed by atoms with Crippen molar-refractivity contribution >= 4 is 23.3 Å². The fourth-order valence-electron chi connectivity index (χ4n) is 3.72. The zero-order valence-electron chi connectivity index (χ0n) is 17.6. The Morgan fingerprint density at radius 1 is 1.03 bits per heavy atom. The largest absolute Gasteiger partial charge is 0.493 e. The van der Waals surface area contributed by atoms with E-state index in [9.17, 15) is 4.79 Å². The zero-order chi connectivity index (χ0) is 22.0. The number of anilines is 1. The third kappa shape index (κ3) is 3.67. The Hall–Kier alpha value is -3.95. The number of nitrogens with zero attached hydrogens (tertiary/aromatic N) is 5. The second-order valence-electron chi connectivity index (χ2n) is 6.91. The molecule has 31 heavy (non-hydrogen) atoms. The Bertz CT molecular complexity index is 1100. The number of ether oxygens (including phenoxy) is 3. The lowest BCUT2D eigenvalue weighted by Crippen LogP contribution is -2.39. The van der Waals surface area contributed by atoms with Crippen LogP contribution in [0.15, 0.2) is 47.5 Å². The molecule has 10 heteroatoms. The van der Waals surface area contributed by atoms with Crippen LogP contribution in [0.25, 0.3) is 0 Å². The van der Waals surface area contributed by atoms with Gasteiger partial charge in [-0.1, -0.05) is 23.3 Å². The summed E-state index contributed by atoms with van der Waals surface area (Å²) >= 11 is 0. The van der Waals surface area contributed by atoms with E-state index >= 15 is 0 Å². The zero-order valence-corrected chi connectivity index (χ0v) is 17.6. The van der Waals surface area contributed by atoms with Crippen LogP contribution in [-0.4, -0.2) is 53.2 Å². The van der Waals surface area contributed by atoms with E-state index in [1.807, 2.05) is 30.3 Å². The maximum absolute atomic E-state index is 13.4. The molecule has 3 aromatic rings. The van der Waals surface area contributed by atoms with Crippen LogP contribution in [0.1, 0.15) is 18.5 Å². The van der Waals surface area contributed by atoms with Gasteiger partial charge in [0.25, 0.3) is 5.95 Å². The summed E-state index contributed by atoms with van der Waals surface area (Å²) in [7, 11) is 4.61. The normalized spacial score (nSPS) is 17.4. The molecule has 0 aliphatic carbocycles. The highest BCUT2D eigenvalue weighted by molar-refractivity contribution is 6.10. The molecule has 10 nitrogen and oxygen atoms in total. The standard InChI is InChI=1S/C21H22N6O4/c1-12-17(20(28)23-14-8-6-5-7-9-14)18(27-21(22-12)24-25-26-27)13-10-15(29-2)19(31-4)16(11-13)30-3/h5-11,17-18H,1-4H3,(H,23,28). The number of para-hydroxylation sites is 1. The van der Waals surface area contributed by atoms with E-state index in [1.165, 1.54) is 26.0 Å². The highest BCUT2D eigenvalue weighted by atomic mass is 16.5. The van der Waals surface area contributed by atoms with Gasteiger partial charge in [-0.3, -0.25) is 4.79 Å². The molecule has 2 heterocycles. The number of carbonyl (C=O) groups is 1. The molecule has 1 amide bonds. The summed E-state index contributed by atoms with van der Waals surface area (Å²) in [5.41, 5.74) is 1.99. The van der Waals surface area contributed by atoms with Crippen molar-refractivity contribution in [3.63, 3.8) is 0 Å². The number of aromatic nitrogens is 4. The lowest BCUT2D eigenvalue weighted by Gasteiger charge is -2.30. The van der Waals surface area contributed by atoms with Gasteiger partial charge in [0.05, 0.1) is 27.4 Å². The van der Waals surface area contributed by atoms with E-state index in [4.69, 9.17) is 14.2 Å². The van der Waals surface area contributed by atoms with Gasteiger partial charge in [0.1, 0.15) is 5.92 Å². The second-order valence-corrected chi connectivity index (χ2v) is 6.91. The second kappa shape index (κ2) is 8.42. The molecule has 1 aromatic heterocycles. The minimum atomic E-state index is -0.668. The monoisotopic (exact) mass is 422 g/mol. The quantitative estimate of drug-likeness (QED) is 0.650. The molecular formula is C21H22N6O4. The van der Waals surface area contributed by atoms with Gasteiger partial charge in [0.15, 0.2) is 11.5 Å². The van der Waals surface area contributed by atoms with Gasteiger partial charge in [0, 0.05) is 11.4 Å². The fraction of sp³-hybridized carbons (Fsp3) is 0.286. The predicted octanol–water partition coefficient (Wildman–Crippen LogP) is 2.65. The van der Waals surface area contributed by atoms with Gasteiger partial charge in [-0.15, -0.1) is 0 Å². The number of methoxy groups -OCH3 is 3. The SMILES string of the molecule is COc1cc(C2C(C(=O)Nc3ccccc3)C(C)=Nc3nnnn32)cc(OC)c1OC. The smallest absolute Gasteiger partial charge is 0.269 e. The molecule has 2 atom stereocenters. The maximum atomic E-state index is 13.4. The molecule has 0 saturated carbocycles. The molecule has 0 bridgehead atoms. The molecular weight excluding hydrogens is 400 g/mol. The summed E-state index contributed by atoms with van der Waals surface area (Å²) in [5.74, 6) is 0.811. The van der Waals surface area contributed by atoms with Crippen LogP contribution in [0, 0.1) is 5.92 Å². The van der Waals surface area contributed by atoms with Gasteiger partial charge in [0.2, 0.25) is 11.7 Å². The first-order valence-electron chi connectivity index (χ1n) is 9.56. The van der Waals surface area contributed by atoms with E-state index in [0.717, 1.165) is 0 Å². The van der Waals surface area contributed by atoms with Crippen LogP contribution in [-0.2, 0) is 4.79 Å². The Labute approximate surface area is 178 Å². The van der Waals surface area contributed by atoms with Crippen molar-refractivity contribution in [2.24, 2.45) is 10.9 Å². The topological polar surface area (TPSA) is 113 Å². The number of rotatable bonds is 6. The lowest BCUT2D eigenvalue weighted by atomic mass is 9.87. The number of carbonyl (C=O) groups excluding carboxylic acids is 1. The van der Waals surface area contributed by atoms with E-state index in [0.29, 0.717) is 40.2 Å². The molecule has 0 saturated heterocycles. The summed E-state index contributed by atoms with van der Waals surface area (Å²) < 4.78 is 18.0. The van der Waals surface area contributed by atoms with Crippen molar-refractivity contribution in [1.82, 2.24) is 20.2 Å². The molecule has 4 rings (SSSR count). The van der Waals surface area contributed by atoms with Crippen molar-refractivity contribution in [1.29, 1.82) is 0 Å². The molecule has 2 aromatic carbocycles. The average molecular weight is 422 g/mol. The number of fused-ring (bicyclic) bond motifs is 1. The van der Waals surface area contributed by atoms with E-state index in [1.54, 1.807) is 19.1 Å². The summed E-state index contributed by atoms with van der Waals surface area (Å²) in [6, 6.07) is 12.3. The highest BCUT2D eigenvalue weighted by Gasteiger charge is 2.40. The fourth-order valence-corrected chi connectivity index (χ4v) is 3.72. The molecule has 1 N–H and O–H groups in total. The molecule has 0 radical (unpaired) electrons. The van der Waals surface area contributed by atoms with Gasteiger partial charge < -0.3 is 19.5 Å². The van der Waals surface area contributed by atoms with Crippen molar-refractivity contribution in [3.05, 3.63) is 48.0 Å². The third-order valence-corrected chi connectivity index (χ3v) is 5.13. The summed E-state index contributed by atoms with van der Waals surface area (Å²) in [4.78, 5) is 17.8. The Kier molecular flexibility index (Phi) is 5.52. The van der Waals surface area contributed by atoms with E-state index in [2.05, 4.69) is 25.8 Å². The van der Waals surface area contributed by atoms with Gasteiger partial charge >= 0.3 is 0 Å². The van der Waals surface area contributed by atoms with Crippen molar-refractivity contribution < 1.29 is 19.0 Å². The van der Waals surface area contributed by atoms with E-state index < -0.39 is 12.0 Å².